The van der Waals surface area contributed by atoms with Crippen molar-refractivity contribution in [3.05, 3.63) is 75.9 Å². The number of nitrogens with zero attached hydrogens (tertiary/aromatic N) is 1. The van der Waals surface area contributed by atoms with Crippen molar-refractivity contribution in [1.82, 2.24) is 4.57 Å². The van der Waals surface area contributed by atoms with E-state index in [4.69, 9.17) is 1.37 Å². The summed E-state index contributed by atoms with van der Waals surface area (Å²) in [5, 5.41) is 9.26. The third-order valence-corrected chi connectivity index (χ3v) is 3.54. The largest absolute Gasteiger partial charge is 0.478 e. The molecule has 0 saturated carbocycles. The zero-order chi connectivity index (χ0) is 16.7. The fourth-order valence-electron chi connectivity index (χ4n) is 2.60. The van der Waals surface area contributed by atoms with Crippen LogP contribution in [-0.4, -0.2) is 15.6 Å². The predicted octanol–water partition coefficient (Wildman–Crippen LogP) is 3.14. The molecular weight excluding hydrogens is 285 g/mol. The number of hydrogen-bond donors (Lipinski definition) is 1. The topological polar surface area (TPSA) is 59.3 Å². The normalized spacial score (nSPS) is 11.5. The van der Waals surface area contributed by atoms with Gasteiger partial charge in [0, 0.05) is 16.8 Å². The van der Waals surface area contributed by atoms with E-state index in [2.05, 4.69) is 0 Å². The molecule has 1 aromatic heterocycles. The van der Waals surface area contributed by atoms with E-state index in [0.717, 1.165) is 10.6 Å². The first-order valence-electron chi connectivity index (χ1n) is 7.06. The lowest BCUT2D eigenvalue weighted by Gasteiger charge is -2.15. The molecule has 4 nitrogen and oxygen atoms in total. The summed E-state index contributed by atoms with van der Waals surface area (Å²) < 4.78 is 23.2. The van der Waals surface area contributed by atoms with Crippen LogP contribution in [0.3, 0.4) is 0 Å². The predicted molar refractivity (Wildman–Crippen MR) is 81.2 cm³/mol. The first-order valence-corrected chi connectivity index (χ1v) is 6.56. The third-order valence-electron chi connectivity index (χ3n) is 3.54. The highest BCUT2D eigenvalue weighted by Crippen LogP contribution is 2.23. The number of aromatic carboxylic acids is 1. The molecule has 22 heavy (non-hydrogen) atoms. The molecule has 5 heteroatoms. The van der Waals surface area contributed by atoms with E-state index in [1.54, 1.807) is 12.1 Å². The Morgan fingerprint density at radius 2 is 2.00 bits per heavy atom. The number of benzene rings is 2. The molecule has 0 fully saturated rings. The van der Waals surface area contributed by atoms with Crippen LogP contribution in [-0.2, 0) is 0 Å². The molecule has 1 heterocycles. The first-order chi connectivity index (χ1) is 10.9. The van der Waals surface area contributed by atoms with Gasteiger partial charge in [-0.25, -0.2) is 9.18 Å². The van der Waals surface area contributed by atoms with Crippen LogP contribution >= 0.6 is 0 Å². The summed E-state index contributed by atoms with van der Waals surface area (Å²) >= 11 is 0. The van der Waals surface area contributed by atoms with Crippen molar-refractivity contribution in [2.75, 3.05) is 0 Å². The standard InChI is InChI=1S/C17H12FNO3/c1-10-14(17(21)22)12-8-5-9-13(18)15(12)16(20)19(10)11-6-3-2-4-7-11/h2-9H,1H3,(H,21,22)/i6D. The van der Waals surface area contributed by atoms with Gasteiger partial charge in [0.2, 0.25) is 0 Å². The minimum absolute atomic E-state index is 0.0460. The number of aromatic nitrogens is 1. The quantitative estimate of drug-likeness (QED) is 0.790. The lowest BCUT2D eigenvalue weighted by Crippen LogP contribution is -2.25. The zero-order valence-corrected chi connectivity index (χ0v) is 11.6. The Morgan fingerprint density at radius 1 is 1.23 bits per heavy atom. The van der Waals surface area contributed by atoms with Crippen molar-refractivity contribution in [1.29, 1.82) is 0 Å². The first kappa shape index (κ1) is 12.8. The molecule has 110 valence electrons. The van der Waals surface area contributed by atoms with Gasteiger partial charge in [-0.15, -0.1) is 0 Å². The Morgan fingerprint density at radius 3 is 2.68 bits per heavy atom. The summed E-state index contributed by atoms with van der Waals surface area (Å²) in [5.74, 6) is -2.04. The molecule has 0 amide bonds. The molecule has 0 radical (unpaired) electrons. The average Bonchev–Trinajstić information content (AvgIpc) is 2.48. The summed E-state index contributed by atoms with van der Waals surface area (Å²) in [6, 6.07) is 10.2. The maximum atomic E-state index is 14.2. The van der Waals surface area contributed by atoms with Gasteiger partial charge < -0.3 is 5.11 Å². The molecule has 0 aliphatic rings. The van der Waals surface area contributed by atoms with Crippen molar-refractivity contribution in [2.45, 2.75) is 6.92 Å². The zero-order valence-electron chi connectivity index (χ0n) is 12.6. The molecule has 0 atom stereocenters. The monoisotopic (exact) mass is 298 g/mol. The highest BCUT2D eigenvalue weighted by atomic mass is 19.1. The van der Waals surface area contributed by atoms with Gasteiger partial charge in [0.05, 0.1) is 12.3 Å². The van der Waals surface area contributed by atoms with Crippen LogP contribution in [0.4, 0.5) is 4.39 Å². The Hall–Kier alpha value is -2.95. The fourth-order valence-corrected chi connectivity index (χ4v) is 2.60. The number of carbonyl (C=O) groups is 1. The highest BCUT2D eigenvalue weighted by molar-refractivity contribution is 6.04. The van der Waals surface area contributed by atoms with Gasteiger partial charge in [0.1, 0.15) is 5.82 Å². The van der Waals surface area contributed by atoms with Crippen molar-refractivity contribution >= 4 is 16.7 Å². The summed E-state index contributed by atoms with van der Waals surface area (Å²) in [5.41, 5.74) is -0.467. The number of pyridine rings is 1. The number of hydrogen-bond acceptors (Lipinski definition) is 2. The van der Waals surface area contributed by atoms with E-state index < -0.39 is 17.3 Å². The maximum absolute atomic E-state index is 14.2. The molecule has 0 spiro atoms. The van der Waals surface area contributed by atoms with Crippen LogP contribution in [0.5, 0.6) is 0 Å². The van der Waals surface area contributed by atoms with Gasteiger partial charge in [0.25, 0.3) is 5.56 Å². The highest BCUT2D eigenvalue weighted by Gasteiger charge is 2.21. The van der Waals surface area contributed by atoms with Crippen LogP contribution in [0.25, 0.3) is 16.5 Å². The Labute approximate surface area is 126 Å². The van der Waals surface area contributed by atoms with Crippen molar-refractivity contribution in [3.63, 3.8) is 0 Å². The number of carboxylic acid groups (broad SMARTS) is 1. The molecule has 0 saturated heterocycles. The number of carboxylic acids is 1. The molecule has 0 aliphatic heterocycles. The van der Waals surface area contributed by atoms with E-state index in [1.165, 1.54) is 31.2 Å². The number of fused-ring (bicyclic) bond motifs is 1. The summed E-state index contributed by atoms with van der Waals surface area (Å²) in [6.07, 6.45) is 0. The van der Waals surface area contributed by atoms with Crippen LogP contribution in [0, 0.1) is 12.7 Å². The van der Waals surface area contributed by atoms with Crippen LogP contribution in [0.2, 0.25) is 0 Å². The van der Waals surface area contributed by atoms with Crippen molar-refractivity contribution in [2.24, 2.45) is 0 Å². The number of para-hydroxylation sites is 1. The lowest BCUT2D eigenvalue weighted by atomic mass is 10.0. The minimum Gasteiger partial charge on any atom is -0.478 e. The van der Waals surface area contributed by atoms with Crippen LogP contribution < -0.4 is 5.56 Å². The molecule has 0 aliphatic carbocycles. The second-order valence-corrected chi connectivity index (χ2v) is 4.82. The van der Waals surface area contributed by atoms with Crippen molar-refractivity contribution in [3.8, 4) is 5.69 Å². The SMILES string of the molecule is [2H]c1ccccc1-n1c(C)c(C(=O)O)c2cccc(F)c2c1=O. The summed E-state index contributed by atoms with van der Waals surface area (Å²) in [6.45, 7) is 1.47. The maximum Gasteiger partial charge on any atom is 0.338 e. The molecule has 1 N–H and O–H groups in total. The second-order valence-electron chi connectivity index (χ2n) is 4.82. The number of rotatable bonds is 2. The second kappa shape index (κ2) is 5.11. The van der Waals surface area contributed by atoms with Gasteiger partial charge in [-0.05, 0) is 25.1 Å². The van der Waals surface area contributed by atoms with Crippen LogP contribution in [0.1, 0.15) is 17.4 Å². The third kappa shape index (κ3) is 1.98. The molecule has 3 rings (SSSR count). The van der Waals surface area contributed by atoms with Crippen molar-refractivity contribution < 1.29 is 15.7 Å². The van der Waals surface area contributed by atoms with E-state index >= 15 is 0 Å². The van der Waals surface area contributed by atoms with Gasteiger partial charge in [0.15, 0.2) is 0 Å². The van der Waals surface area contributed by atoms with E-state index in [1.807, 2.05) is 0 Å². The van der Waals surface area contributed by atoms with Gasteiger partial charge in [-0.3, -0.25) is 9.36 Å². The van der Waals surface area contributed by atoms with Gasteiger partial charge >= 0.3 is 5.97 Å². The van der Waals surface area contributed by atoms with Crippen LogP contribution in [0.15, 0.2) is 53.3 Å². The Kier molecular flexibility index (Phi) is 2.96. The van der Waals surface area contributed by atoms with E-state index in [9.17, 15) is 19.1 Å². The Bertz CT molecular complexity index is 1010. The number of halogens is 1. The van der Waals surface area contributed by atoms with Gasteiger partial charge in [-0.1, -0.05) is 30.3 Å². The average molecular weight is 298 g/mol. The molecule has 0 unspecified atom stereocenters. The Balaban J connectivity index is 2.59. The lowest BCUT2D eigenvalue weighted by molar-refractivity contribution is 0.0697. The summed E-state index contributed by atoms with van der Waals surface area (Å²) in [7, 11) is 0. The smallest absolute Gasteiger partial charge is 0.338 e. The molecule has 3 aromatic rings. The molecular formula is C17H12FNO3. The van der Waals surface area contributed by atoms with E-state index in [0.29, 0.717) is 0 Å². The molecule has 2 aromatic carbocycles. The van der Waals surface area contributed by atoms with E-state index in [-0.39, 0.29) is 33.8 Å². The van der Waals surface area contributed by atoms with Gasteiger partial charge in [-0.2, -0.15) is 0 Å². The minimum atomic E-state index is -1.26. The molecule has 0 bridgehead atoms. The fraction of sp³-hybridized carbons (Fsp3) is 0.0588. The summed E-state index contributed by atoms with van der Waals surface area (Å²) in [4.78, 5) is 24.4.